The largest absolute Gasteiger partial charge is 0.424 e. The first kappa shape index (κ1) is 16.5. The number of nitrogens with zero attached hydrogens (tertiary/aromatic N) is 6. The quantitative estimate of drug-likeness (QED) is 0.587. The average molecular weight is 373 g/mol. The van der Waals surface area contributed by atoms with Crippen molar-refractivity contribution < 1.29 is 4.74 Å². The van der Waals surface area contributed by atoms with Gasteiger partial charge in [0.1, 0.15) is 11.6 Å². The molecule has 0 aliphatic carbocycles. The number of fused-ring (bicyclic) bond motifs is 1. The van der Waals surface area contributed by atoms with E-state index in [1.807, 2.05) is 47.2 Å². The van der Waals surface area contributed by atoms with Crippen LogP contribution in [0.15, 0.2) is 55.1 Å². The van der Waals surface area contributed by atoms with E-state index in [2.05, 4.69) is 20.0 Å². The van der Waals surface area contributed by atoms with Crippen molar-refractivity contribution in [1.82, 2.24) is 24.6 Å². The standard InChI is InChI=1S/C20H19N7O/c21-15-11-22-20(23-12-15)28-16-5-3-14(4-6-16)17-13-24-27-10-7-18(25-19(17)27)26-8-1-2-9-26/h3-7,10-13H,1-2,8-9,21H2. The van der Waals surface area contributed by atoms with Crippen LogP contribution in [0.25, 0.3) is 16.8 Å². The van der Waals surface area contributed by atoms with Crippen molar-refractivity contribution >= 4 is 17.2 Å². The minimum absolute atomic E-state index is 0.259. The second-order valence-electron chi connectivity index (χ2n) is 6.73. The first-order chi connectivity index (χ1) is 13.8. The summed E-state index contributed by atoms with van der Waals surface area (Å²) in [5.74, 6) is 1.66. The van der Waals surface area contributed by atoms with E-state index in [1.165, 1.54) is 25.2 Å². The van der Waals surface area contributed by atoms with Crippen LogP contribution in [0.4, 0.5) is 11.5 Å². The van der Waals surface area contributed by atoms with Crippen molar-refractivity contribution in [1.29, 1.82) is 0 Å². The van der Waals surface area contributed by atoms with Crippen LogP contribution in [-0.2, 0) is 0 Å². The summed E-state index contributed by atoms with van der Waals surface area (Å²) in [6.45, 7) is 2.12. The van der Waals surface area contributed by atoms with Crippen molar-refractivity contribution in [3.05, 3.63) is 55.1 Å². The molecule has 0 saturated carbocycles. The number of aromatic nitrogens is 5. The molecule has 0 unspecified atom stereocenters. The molecule has 1 aromatic carbocycles. The highest BCUT2D eigenvalue weighted by Crippen LogP contribution is 2.28. The average Bonchev–Trinajstić information content (AvgIpc) is 3.40. The van der Waals surface area contributed by atoms with E-state index in [0.717, 1.165) is 35.7 Å². The third-order valence-electron chi connectivity index (χ3n) is 4.81. The summed E-state index contributed by atoms with van der Waals surface area (Å²) in [5.41, 5.74) is 8.94. The molecule has 140 valence electrons. The van der Waals surface area contributed by atoms with E-state index in [4.69, 9.17) is 15.5 Å². The van der Waals surface area contributed by atoms with Crippen LogP contribution in [0, 0.1) is 0 Å². The van der Waals surface area contributed by atoms with Crippen LogP contribution in [0.1, 0.15) is 12.8 Å². The molecule has 8 heteroatoms. The minimum Gasteiger partial charge on any atom is -0.424 e. The maximum absolute atomic E-state index is 5.66. The van der Waals surface area contributed by atoms with Gasteiger partial charge in [0.15, 0.2) is 5.65 Å². The summed E-state index contributed by atoms with van der Waals surface area (Å²) in [6.07, 6.45) is 9.28. The number of nitrogens with two attached hydrogens (primary N) is 1. The van der Waals surface area contributed by atoms with E-state index in [0.29, 0.717) is 11.4 Å². The zero-order chi connectivity index (χ0) is 18.9. The van der Waals surface area contributed by atoms with Crippen molar-refractivity contribution in [3.8, 4) is 22.9 Å². The normalized spacial score (nSPS) is 13.9. The van der Waals surface area contributed by atoms with Crippen LogP contribution < -0.4 is 15.4 Å². The fourth-order valence-electron chi connectivity index (χ4n) is 3.37. The number of benzene rings is 1. The number of ether oxygens (including phenoxy) is 1. The van der Waals surface area contributed by atoms with Crippen LogP contribution in [0.5, 0.6) is 11.8 Å². The molecular formula is C20H19N7O. The molecule has 1 saturated heterocycles. The van der Waals surface area contributed by atoms with Gasteiger partial charge in [-0.2, -0.15) is 5.10 Å². The number of hydrogen-bond donors (Lipinski definition) is 1. The molecule has 1 aliphatic heterocycles. The monoisotopic (exact) mass is 373 g/mol. The predicted molar refractivity (Wildman–Crippen MR) is 106 cm³/mol. The second-order valence-corrected chi connectivity index (χ2v) is 6.73. The number of hydrogen-bond acceptors (Lipinski definition) is 7. The molecule has 5 rings (SSSR count). The summed E-state index contributed by atoms with van der Waals surface area (Å²) in [4.78, 5) is 15.3. The number of nitrogen functional groups attached to an aromatic ring is 1. The topological polar surface area (TPSA) is 94.5 Å². The lowest BCUT2D eigenvalue weighted by molar-refractivity contribution is 0.442. The Kier molecular flexibility index (Phi) is 4.01. The highest BCUT2D eigenvalue weighted by atomic mass is 16.5. The molecule has 0 atom stereocenters. The Morgan fingerprint density at radius 3 is 2.43 bits per heavy atom. The lowest BCUT2D eigenvalue weighted by Gasteiger charge is -2.16. The Morgan fingerprint density at radius 2 is 1.68 bits per heavy atom. The summed E-state index contributed by atoms with van der Waals surface area (Å²) in [7, 11) is 0. The maximum atomic E-state index is 5.66. The molecule has 3 aromatic heterocycles. The second kappa shape index (κ2) is 6.80. The van der Waals surface area contributed by atoms with E-state index in [1.54, 1.807) is 0 Å². The zero-order valence-corrected chi connectivity index (χ0v) is 15.2. The Bertz CT molecular complexity index is 1100. The van der Waals surface area contributed by atoms with Crippen LogP contribution >= 0.6 is 0 Å². The molecule has 2 N–H and O–H groups in total. The fourth-order valence-corrected chi connectivity index (χ4v) is 3.37. The lowest BCUT2D eigenvalue weighted by Crippen LogP contribution is -2.19. The Morgan fingerprint density at radius 1 is 0.929 bits per heavy atom. The van der Waals surface area contributed by atoms with Gasteiger partial charge in [0.25, 0.3) is 0 Å². The number of rotatable bonds is 4. The highest BCUT2D eigenvalue weighted by molar-refractivity contribution is 5.78. The third kappa shape index (κ3) is 3.09. The fraction of sp³-hybridized carbons (Fsp3) is 0.200. The lowest BCUT2D eigenvalue weighted by atomic mass is 10.1. The smallest absolute Gasteiger partial charge is 0.322 e. The van der Waals surface area contributed by atoms with E-state index < -0.39 is 0 Å². The molecular weight excluding hydrogens is 354 g/mol. The highest BCUT2D eigenvalue weighted by Gasteiger charge is 2.16. The SMILES string of the molecule is Nc1cnc(Oc2ccc(-c3cnn4ccc(N5CCCC5)nc34)cc2)nc1. The molecule has 0 radical (unpaired) electrons. The summed E-state index contributed by atoms with van der Waals surface area (Å²) in [6, 6.07) is 10.0. The minimum atomic E-state index is 0.259. The molecule has 1 aliphatic rings. The van der Waals surface area contributed by atoms with Gasteiger partial charge in [0, 0.05) is 24.8 Å². The predicted octanol–water partition coefficient (Wildman–Crippen LogP) is 3.16. The van der Waals surface area contributed by atoms with Crippen LogP contribution in [0.2, 0.25) is 0 Å². The van der Waals surface area contributed by atoms with Gasteiger partial charge in [0.2, 0.25) is 0 Å². The molecule has 28 heavy (non-hydrogen) atoms. The molecule has 0 amide bonds. The number of anilines is 2. The van der Waals surface area contributed by atoms with Gasteiger partial charge in [-0.3, -0.25) is 0 Å². The van der Waals surface area contributed by atoms with Gasteiger partial charge < -0.3 is 15.4 Å². The summed E-state index contributed by atoms with van der Waals surface area (Å²) < 4.78 is 7.47. The zero-order valence-electron chi connectivity index (χ0n) is 15.2. The van der Waals surface area contributed by atoms with Crippen molar-refractivity contribution in [2.45, 2.75) is 12.8 Å². The maximum Gasteiger partial charge on any atom is 0.322 e. The molecule has 1 fully saturated rings. The van der Waals surface area contributed by atoms with Gasteiger partial charge in [0.05, 0.1) is 24.3 Å². The van der Waals surface area contributed by atoms with E-state index in [-0.39, 0.29) is 6.01 Å². The van der Waals surface area contributed by atoms with Gasteiger partial charge in [-0.05, 0) is 36.6 Å². The molecule has 4 aromatic rings. The van der Waals surface area contributed by atoms with Gasteiger partial charge in [-0.1, -0.05) is 12.1 Å². The van der Waals surface area contributed by atoms with Crippen LogP contribution in [0.3, 0.4) is 0 Å². The van der Waals surface area contributed by atoms with E-state index in [9.17, 15) is 0 Å². The molecule has 0 bridgehead atoms. The van der Waals surface area contributed by atoms with Gasteiger partial charge in [-0.15, -0.1) is 0 Å². The summed E-state index contributed by atoms with van der Waals surface area (Å²) in [5, 5.41) is 4.43. The Hall–Kier alpha value is -3.68. The van der Waals surface area contributed by atoms with Crippen LogP contribution in [-0.4, -0.2) is 37.7 Å². The molecule has 8 nitrogen and oxygen atoms in total. The van der Waals surface area contributed by atoms with Gasteiger partial charge in [-0.25, -0.2) is 19.5 Å². The first-order valence-electron chi connectivity index (χ1n) is 9.21. The molecule has 4 heterocycles. The third-order valence-corrected chi connectivity index (χ3v) is 4.81. The van der Waals surface area contributed by atoms with Crippen molar-refractivity contribution in [2.24, 2.45) is 0 Å². The first-order valence-corrected chi connectivity index (χ1v) is 9.21. The van der Waals surface area contributed by atoms with Crippen molar-refractivity contribution in [3.63, 3.8) is 0 Å². The van der Waals surface area contributed by atoms with Gasteiger partial charge >= 0.3 is 6.01 Å². The Balaban J connectivity index is 1.43. The Labute approximate surface area is 161 Å². The molecule has 0 spiro atoms. The van der Waals surface area contributed by atoms with E-state index >= 15 is 0 Å². The summed E-state index contributed by atoms with van der Waals surface area (Å²) >= 11 is 0. The van der Waals surface area contributed by atoms with Crippen molar-refractivity contribution in [2.75, 3.05) is 23.7 Å².